The van der Waals surface area contributed by atoms with Crippen molar-refractivity contribution in [3.8, 4) is 0 Å². The zero-order chi connectivity index (χ0) is 14.5. The van der Waals surface area contributed by atoms with Gasteiger partial charge in [-0.15, -0.1) is 0 Å². The smallest absolute Gasteiger partial charge is 0.0400 e. The van der Waals surface area contributed by atoms with Crippen LogP contribution in [0.3, 0.4) is 0 Å². The number of benzene rings is 2. The van der Waals surface area contributed by atoms with Gasteiger partial charge in [0.25, 0.3) is 0 Å². The van der Waals surface area contributed by atoms with Gasteiger partial charge in [0.1, 0.15) is 0 Å². The van der Waals surface area contributed by atoms with E-state index >= 15 is 0 Å². The topological polar surface area (TPSA) is 24.1 Å². The molecule has 1 aliphatic rings. The SMILES string of the molecule is CCCc1ccc(CNc2ccc3c(c2)NCCC3)cc1. The number of rotatable bonds is 5. The van der Waals surface area contributed by atoms with E-state index in [1.54, 1.807) is 0 Å². The molecule has 0 aliphatic carbocycles. The largest absolute Gasteiger partial charge is 0.385 e. The number of anilines is 2. The summed E-state index contributed by atoms with van der Waals surface area (Å²) in [6.07, 6.45) is 4.81. The highest BCUT2D eigenvalue weighted by Crippen LogP contribution is 2.25. The second kappa shape index (κ2) is 6.66. The Balaban J connectivity index is 1.61. The third kappa shape index (κ3) is 3.57. The summed E-state index contributed by atoms with van der Waals surface area (Å²) in [7, 11) is 0. The molecule has 1 aliphatic heterocycles. The fourth-order valence-electron chi connectivity index (χ4n) is 2.89. The Morgan fingerprint density at radius 3 is 2.67 bits per heavy atom. The highest BCUT2D eigenvalue weighted by Gasteiger charge is 2.08. The Kier molecular flexibility index (Phi) is 4.44. The average molecular weight is 280 g/mol. The molecule has 0 radical (unpaired) electrons. The van der Waals surface area contributed by atoms with Gasteiger partial charge in [-0.2, -0.15) is 0 Å². The molecule has 2 aromatic carbocycles. The zero-order valence-electron chi connectivity index (χ0n) is 12.8. The van der Waals surface area contributed by atoms with Gasteiger partial charge in [0.05, 0.1) is 0 Å². The van der Waals surface area contributed by atoms with Crippen LogP contribution < -0.4 is 10.6 Å². The first-order chi connectivity index (χ1) is 10.3. The number of fused-ring (bicyclic) bond motifs is 1. The lowest BCUT2D eigenvalue weighted by atomic mass is 10.0. The summed E-state index contributed by atoms with van der Waals surface area (Å²) in [5.74, 6) is 0. The summed E-state index contributed by atoms with van der Waals surface area (Å²) in [4.78, 5) is 0. The third-order valence-electron chi connectivity index (χ3n) is 4.11. The van der Waals surface area contributed by atoms with Gasteiger partial charge < -0.3 is 10.6 Å². The number of hydrogen-bond acceptors (Lipinski definition) is 2. The highest BCUT2D eigenvalue weighted by atomic mass is 14.9. The first-order valence-electron chi connectivity index (χ1n) is 8.03. The molecule has 0 saturated heterocycles. The molecule has 0 bridgehead atoms. The summed E-state index contributed by atoms with van der Waals surface area (Å²) >= 11 is 0. The summed E-state index contributed by atoms with van der Waals surface area (Å²) in [6.45, 7) is 4.19. The quantitative estimate of drug-likeness (QED) is 0.835. The van der Waals surface area contributed by atoms with Gasteiger partial charge in [-0.05, 0) is 48.1 Å². The van der Waals surface area contributed by atoms with Crippen LogP contribution >= 0.6 is 0 Å². The predicted octanol–water partition coefficient (Wildman–Crippen LogP) is 4.61. The lowest BCUT2D eigenvalue weighted by Crippen LogP contribution is -2.12. The van der Waals surface area contributed by atoms with Gasteiger partial charge in [0, 0.05) is 24.5 Å². The Labute approximate surface area is 127 Å². The summed E-state index contributed by atoms with van der Waals surface area (Å²) in [5, 5.41) is 7.01. The first kappa shape index (κ1) is 14.0. The van der Waals surface area contributed by atoms with E-state index < -0.39 is 0 Å². The van der Waals surface area contributed by atoms with Crippen molar-refractivity contribution < 1.29 is 0 Å². The van der Waals surface area contributed by atoms with E-state index in [4.69, 9.17) is 0 Å². The molecule has 0 aromatic heterocycles. The van der Waals surface area contributed by atoms with E-state index in [0.29, 0.717) is 0 Å². The molecule has 3 rings (SSSR count). The molecule has 110 valence electrons. The molecule has 21 heavy (non-hydrogen) atoms. The molecule has 2 N–H and O–H groups in total. The first-order valence-corrected chi connectivity index (χ1v) is 8.03. The van der Waals surface area contributed by atoms with E-state index in [1.165, 1.54) is 53.7 Å². The van der Waals surface area contributed by atoms with Crippen LogP contribution in [0, 0.1) is 0 Å². The molecular formula is C19H24N2. The summed E-state index contributed by atoms with van der Waals surface area (Å²) in [6, 6.07) is 15.6. The van der Waals surface area contributed by atoms with E-state index in [9.17, 15) is 0 Å². The second-order valence-electron chi connectivity index (χ2n) is 5.82. The number of aryl methyl sites for hydroxylation is 2. The lowest BCUT2D eigenvalue weighted by Gasteiger charge is -2.19. The van der Waals surface area contributed by atoms with Crippen LogP contribution in [-0.2, 0) is 19.4 Å². The van der Waals surface area contributed by atoms with E-state index in [-0.39, 0.29) is 0 Å². The van der Waals surface area contributed by atoms with Crippen molar-refractivity contribution in [2.45, 2.75) is 39.2 Å². The monoisotopic (exact) mass is 280 g/mol. The predicted molar refractivity (Wildman–Crippen MR) is 91.0 cm³/mol. The highest BCUT2D eigenvalue weighted by molar-refractivity contribution is 5.62. The molecule has 0 amide bonds. The van der Waals surface area contributed by atoms with Crippen molar-refractivity contribution in [3.05, 3.63) is 59.2 Å². The Morgan fingerprint density at radius 2 is 1.86 bits per heavy atom. The molecule has 0 atom stereocenters. The van der Waals surface area contributed by atoms with Gasteiger partial charge in [-0.3, -0.25) is 0 Å². The summed E-state index contributed by atoms with van der Waals surface area (Å²) < 4.78 is 0. The third-order valence-corrected chi connectivity index (χ3v) is 4.11. The molecular weight excluding hydrogens is 256 g/mol. The molecule has 2 heteroatoms. The van der Waals surface area contributed by atoms with Gasteiger partial charge in [0.2, 0.25) is 0 Å². The van der Waals surface area contributed by atoms with Crippen LogP contribution in [0.1, 0.15) is 36.5 Å². The van der Waals surface area contributed by atoms with Gasteiger partial charge in [0.15, 0.2) is 0 Å². The van der Waals surface area contributed by atoms with E-state index in [1.807, 2.05) is 0 Å². The van der Waals surface area contributed by atoms with Crippen LogP contribution in [0.4, 0.5) is 11.4 Å². The Bertz CT molecular complexity index is 587. The minimum atomic E-state index is 0.880. The molecule has 0 saturated carbocycles. The van der Waals surface area contributed by atoms with Crippen LogP contribution in [0.5, 0.6) is 0 Å². The average Bonchev–Trinajstić information content (AvgIpc) is 2.54. The zero-order valence-corrected chi connectivity index (χ0v) is 12.8. The van der Waals surface area contributed by atoms with Crippen molar-refractivity contribution in [1.29, 1.82) is 0 Å². The maximum Gasteiger partial charge on any atom is 0.0400 e. The van der Waals surface area contributed by atoms with Crippen molar-refractivity contribution in [3.63, 3.8) is 0 Å². The second-order valence-corrected chi connectivity index (χ2v) is 5.82. The maximum atomic E-state index is 3.52. The number of nitrogens with one attached hydrogen (secondary N) is 2. The lowest BCUT2D eigenvalue weighted by molar-refractivity contribution is 0.830. The fourth-order valence-corrected chi connectivity index (χ4v) is 2.89. The van der Waals surface area contributed by atoms with Crippen molar-refractivity contribution in [2.24, 2.45) is 0 Å². The fraction of sp³-hybridized carbons (Fsp3) is 0.368. The molecule has 1 heterocycles. The molecule has 2 aromatic rings. The van der Waals surface area contributed by atoms with Crippen molar-refractivity contribution >= 4 is 11.4 Å². The van der Waals surface area contributed by atoms with Gasteiger partial charge in [-0.1, -0.05) is 43.7 Å². The Morgan fingerprint density at radius 1 is 1.05 bits per heavy atom. The minimum absolute atomic E-state index is 0.880. The number of hydrogen-bond donors (Lipinski definition) is 2. The molecule has 0 unspecified atom stereocenters. The molecule has 0 spiro atoms. The van der Waals surface area contributed by atoms with Crippen molar-refractivity contribution in [1.82, 2.24) is 0 Å². The van der Waals surface area contributed by atoms with E-state index in [2.05, 4.69) is 60.0 Å². The standard InChI is InChI=1S/C19H24N2/c1-2-4-15-6-8-16(9-7-15)14-21-18-11-10-17-5-3-12-20-19(17)13-18/h6-11,13,20-21H,2-5,12,14H2,1H3. The maximum absolute atomic E-state index is 3.52. The Hall–Kier alpha value is -1.96. The van der Waals surface area contributed by atoms with Gasteiger partial charge >= 0.3 is 0 Å². The van der Waals surface area contributed by atoms with Gasteiger partial charge in [-0.25, -0.2) is 0 Å². The summed E-state index contributed by atoms with van der Waals surface area (Å²) in [5.41, 5.74) is 6.70. The van der Waals surface area contributed by atoms with E-state index in [0.717, 1.165) is 13.1 Å². The molecule has 2 nitrogen and oxygen atoms in total. The van der Waals surface area contributed by atoms with Crippen LogP contribution in [0.2, 0.25) is 0 Å². The van der Waals surface area contributed by atoms with Crippen LogP contribution in [0.25, 0.3) is 0 Å². The van der Waals surface area contributed by atoms with Crippen LogP contribution in [0.15, 0.2) is 42.5 Å². The normalized spacial score (nSPS) is 13.4. The molecule has 0 fully saturated rings. The van der Waals surface area contributed by atoms with Crippen LogP contribution in [-0.4, -0.2) is 6.54 Å². The minimum Gasteiger partial charge on any atom is -0.385 e. The van der Waals surface area contributed by atoms with Crippen molar-refractivity contribution in [2.75, 3.05) is 17.2 Å².